The third kappa shape index (κ3) is 3.08. The number of carbonyl (C=O) groups excluding carboxylic acids is 1. The largest absolute Gasteiger partial charge is 0.353 e. The number of thiophene rings is 1. The Morgan fingerprint density at radius 2 is 2.00 bits per heavy atom. The third-order valence-corrected chi connectivity index (χ3v) is 7.11. The van der Waals surface area contributed by atoms with Gasteiger partial charge in [0.1, 0.15) is 17.0 Å². The third-order valence-electron chi connectivity index (χ3n) is 5.92. The van der Waals surface area contributed by atoms with Crippen molar-refractivity contribution in [1.29, 1.82) is 0 Å². The topological polar surface area (TPSA) is 49.3 Å². The molecule has 0 aliphatic carbocycles. The Morgan fingerprint density at radius 1 is 1.15 bits per heavy atom. The maximum absolute atomic E-state index is 13.2. The van der Waals surface area contributed by atoms with E-state index in [-0.39, 0.29) is 5.91 Å². The number of fused-ring (bicyclic) bond motifs is 1. The Balaban J connectivity index is 1.73. The van der Waals surface area contributed by atoms with E-state index in [9.17, 15) is 4.79 Å². The van der Waals surface area contributed by atoms with Crippen molar-refractivity contribution in [3.63, 3.8) is 0 Å². The quantitative estimate of drug-likeness (QED) is 0.791. The van der Waals surface area contributed by atoms with Crippen molar-refractivity contribution in [1.82, 2.24) is 14.9 Å². The van der Waals surface area contributed by atoms with Crippen molar-refractivity contribution in [3.05, 3.63) is 16.8 Å². The molecule has 2 fully saturated rings. The van der Waals surface area contributed by atoms with Crippen LogP contribution in [0, 0.1) is 12.8 Å². The molecule has 0 bridgehead atoms. The van der Waals surface area contributed by atoms with E-state index in [1.165, 1.54) is 37.0 Å². The van der Waals surface area contributed by atoms with E-state index in [4.69, 9.17) is 0 Å². The van der Waals surface area contributed by atoms with Crippen molar-refractivity contribution in [3.8, 4) is 0 Å². The van der Waals surface area contributed by atoms with Crippen molar-refractivity contribution in [2.75, 3.05) is 24.5 Å². The van der Waals surface area contributed by atoms with Gasteiger partial charge in [0, 0.05) is 25.7 Å². The summed E-state index contributed by atoms with van der Waals surface area (Å²) in [5, 5.41) is 1.08. The Kier molecular flexibility index (Phi) is 4.86. The monoisotopic (exact) mass is 372 g/mol. The molecule has 5 nitrogen and oxygen atoms in total. The molecular weight excluding hydrogens is 344 g/mol. The summed E-state index contributed by atoms with van der Waals surface area (Å²) < 4.78 is 0. The van der Waals surface area contributed by atoms with Gasteiger partial charge in [0.25, 0.3) is 5.91 Å². The van der Waals surface area contributed by atoms with Gasteiger partial charge in [-0.15, -0.1) is 11.3 Å². The van der Waals surface area contributed by atoms with Gasteiger partial charge < -0.3 is 9.80 Å². The molecule has 4 heterocycles. The first-order valence-corrected chi connectivity index (χ1v) is 10.7. The number of amides is 1. The molecule has 0 radical (unpaired) electrons. The van der Waals surface area contributed by atoms with Gasteiger partial charge in [-0.2, -0.15) is 0 Å². The highest BCUT2D eigenvalue weighted by atomic mass is 32.1. The summed E-state index contributed by atoms with van der Waals surface area (Å²) in [6, 6.07) is 0.489. The van der Waals surface area contributed by atoms with Crippen LogP contribution in [0.1, 0.15) is 61.2 Å². The first-order chi connectivity index (χ1) is 12.6. The summed E-state index contributed by atoms with van der Waals surface area (Å²) in [7, 11) is 0. The fraction of sp³-hybridized carbons (Fsp3) is 0.650. The van der Waals surface area contributed by atoms with Gasteiger partial charge in [-0.3, -0.25) is 4.79 Å². The lowest BCUT2D eigenvalue weighted by Gasteiger charge is -2.34. The van der Waals surface area contributed by atoms with Gasteiger partial charge in [0.05, 0.1) is 10.3 Å². The summed E-state index contributed by atoms with van der Waals surface area (Å²) in [6.07, 6.45) is 7.67. The zero-order chi connectivity index (χ0) is 18.3. The molecule has 26 heavy (non-hydrogen) atoms. The Labute approximate surface area is 159 Å². The highest BCUT2D eigenvalue weighted by Crippen LogP contribution is 2.37. The van der Waals surface area contributed by atoms with Crippen LogP contribution in [-0.4, -0.2) is 46.5 Å². The first-order valence-electron chi connectivity index (χ1n) is 9.86. The molecule has 0 spiro atoms. The molecule has 2 aliphatic heterocycles. The fourth-order valence-electron chi connectivity index (χ4n) is 4.41. The standard InChI is InChI=1S/C20H28N4OS/c1-13-7-6-9-23(11-13)20(25)17-15(3)16-18(21-12-22-19(16)26-17)24-10-5-4-8-14(24)2/h12-14H,4-11H2,1-3H3/t13-,14-/m1/s1. The average molecular weight is 373 g/mol. The van der Waals surface area contributed by atoms with E-state index in [1.54, 1.807) is 6.33 Å². The van der Waals surface area contributed by atoms with Crippen LogP contribution in [0.4, 0.5) is 5.82 Å². The molecule has 2 aliphatic rings. The number of aromatic nitrogens is 2. The highest BCUT2D eigenvalue weighted by Gasteiger charge is 2.29. The minimum absolute atomic E-state index is 0.176. The van der Waals surface area contributed by atoms with E-state index in [0.717, 1.165) is 52.5 Å². The predicted octanol–water partition coefficient (Wildman–Crippen LogP) is 4.25. The van der Waals surface area contributed by atoms with E-state index >= 15 is 0 Å². The van der Waals surface area contributed by atoms with Gasteiger partial charge in [0.15, 0.2) is 0 Å². The molecular formula is C20H28N4OS. The lowest BCUT2D eigenvalue weighted by molar-refractivity contribution is 0.0687. The smallest absolute Gasteiger partial charge is 0.264 e. The van der Waals surface area contributed by atoms with Crippen LogP contribution in [0.3, 0.4) is 0 Å². The number of rotatable bonds is 2. The molecule has 4 rings (SSSR count). The molecule has 2 aromatic rings. The predicted molar refractivity (Wildman–Crippen MR) is 107 cm³/mol. The first kappa shape index (κ1) is 17.7. The van der Waals surface area contributed by atoms with Crippen molar-refractivity contribution in [2.45, 2.75) is 58.9 Å². The second-order valence-corrected chi connectivity index (χ2v) is 8.97. The number of nitrogens with zero attached hydrogens (tertiary/aromatic N) is 4. The minimum Gasteiger partial charge on any atom is -0.353 e. The van der Waals surface area contributed by atoms with E-state index in [0.29, 0.717) is 12.0 Å². The molecule has 0 saturated carbocycles. The number of carbonyl (C=O) groups is 1. The van der Waals surface area contributed by atoms with Crippen molar-refractivity contribution >= 4 is 33.3 Å². The van der Waals surface area contributed by atoms with E-state index in [2.05, 4.69) is 35.6 Å². The summed E-state index contributed by atoms with van der Waals surface area (Å²) in [4.78, 5) is 28.5. The summed E-state index contributed by atoms with van der Waals surface area (Å²) in [5.74, 6) is 1.78. The molecule has 2 saturated heterocycles. The van der Waals surface area contributed by atoms with Crippen LogP contribution >= 0.6 is 11.3 Å². The molecule has 0 aromatic carbocycles. The fourth-order valence-corrected chi connectivity index (χ4v) is 5.52. The molecule has 1 amide bonds. The van der Waals surface area contributed by atoms with Crippen LogP contribution < -0.4 is 4.90 Å². The number of piperidine rings is 2. The maximum Gasteiger partial charge on any atom is 0.264 e. The van der Waals surface area contributed by atoms with E-state index < -0.39 is 0 Å². The Bertz CT molecular complexity index is 817. The van der Waals surface area contributed by atoms with Crippen LogP contribution in [0.25, 0.3) is 10.2 Å². The van der Waals surface area contributed by atoms with Gasteiger partial charge in [-0.1, -0.05) is 6.92 Å². The summed E-state index contributed by atoms with van der Waals surface area (Å²) in [5.41, 5.74) is 1.06. The maximum atomic E-state index is 13.2. The molecule has 140 valence electrons. The average Bonchev–Trinajstić information content (AvgIpc) is 2.98. The van der Waals surface area contributed by atoms with Crippen LogP contribution in [0.15, 0.2) is 6.33 Å². The van der Waals surface area contributed by atoms with Crippen molar-refractivity contribution in [2.24, 2.45) is 5.92 Å². The number of likely N-dealkylation sites (tertiary alicyclic amines) is 1. The minimum atomic E-state index is 0.176. The van der Waals surface area contributed by atoms with Crippen LogP contribution in [0.2, 0.25) is 0 Å². The SMILES string of the molecule is Cc1c(C(=O)N2CCC[C@@H](C)C2)sc2ncnc(N3CCCC[C@H]3C)c12. The molecule has 6 heteroatoms. The molecule has 2 aromatic heterocycles. The van der Waals surface area contributed by atoms with Gasteiger partial charge in [-0.05, 0) is 57.4 Å². The molecule has 0 unspecified atom stereocenters. The number of hydrogen-bond acceptors (Lipinski definition) is 5. The lowest BCUT2D eigenvalue weighted by atomic mass is 10.00. The second-order valence-electron chi connectivity index (χ2n) is 7.97. The summed E-state index contributed by atoms with van der Waals surface area (Å²) in [6.45, 7) is 9.36. The van der Waals surface area contributed by atoms with Gasteiger partial charge in [0.2, 0.25) is 0 Å². The van der Waals surface area contributed by atoms with Gasteiger partial charge in [-0.25, -0.2) is 9.97 Å². The summed E-state index contributed by atoms with van der Waals surface area (Å²) >= 11 is 1.54. The Morgan fingerprint density at radius 3 is 2.77 bits per heavy atom. The molecule has 2 atom stereocenters. The highest BCUT2D eigenvalue weighted by molar-refractivity contribution is 7.20. The van der Waals surface area contributed by atoms with Crippen LogP contribution in [-0.2, 0) is 0 Å². The van der Waals surface area contributed by atoms with Crippen LogP contribution in [0.5, 0.6) is 0 Å². The zero-order valence-electron chi connectivity index (χ0n) is 16.0. The van der Waals surface area contributed by atoms with Gasteiger partial charge >= 0.3 is 0 Å². The molecule has 0 N–H and O–H groups in total. The number of aryl methyl sites for hydroxylation is 1. The zero-order valence-corrected chi connectivity index (χ0v) is 16.8. The van der Waals surface area contributed by atoms with E-state index in [1.807, 2.05) is 4.90 Å². The lowest BCUT2D eigenvalue weighted by Crippen LogP contribution is -2.39. The van der Waals surface area contributed by atoms with Crippen molar-refractivity contribution < 1.29 is 4.79 Å². The Hall–Kier alpha value is -1.69. The second kappa shape index (κ2) is 7.14. The number of anilines is 1. The normalized spacial score (nSPS) is 24.3. The number of hydrogen-bond donors (Lipinski definition) is 0.